The van der Waals surface area contributed by atoms with Gasteiger partial charge in [0.15, 0.2) is 0 Å². The first-order chi connectivity index (χ1) is 16.0. The number of methoxy groups -OCH3 is 1. The van der Waals surface area contributed by atoms with Gasteiger partial charge in [0.1, 0.15) is 5.54 Å². The average molecular weight is 454 g/mol. The summed E-state index contributed by atoms with van der Waals surface area (Å²) in [6.45, 7) is 6.00. The predicted octanol–water partition coefficient (Wildman–Crippen LogP) is 2.65. The van der Waals surface area contributed by atoms with Crippen molar-refractivity contribution in [2.24, 2.45) is 0 Å². The van der Waals surface area contributed by atoms with Gasteiger partial charge in [0, 0.05) is 58.3 Å². The molecule has 1 aromatic heterocycles. The fraction of sp³-hybridized carbons (Fsp3) is 0.560. The number of aromatic nitrogens is 2. The van der Waals surface area contributed by atoms with E-state index in [4.69, 9.17) is 4.74 Å². The van der Waals surface area contributed by atoms with Crippen LogP contribution in [0.1, 0.15) is 31.7 Å². The van der Waals surface area contributed by atoms with Crippen LogP contribution in [0.4, 0.5) is 4.79 Å². The molecule has 0 radical (unpaired) electrons. The lowest BCUT2D eigenvalue weighted by molar-refractivity contribution is -0.136. The maximum absolute atomic E-state index is 13.6. The van der Waals surface area contributed by atoms with Gasteiger partial charge >= 0.3 is 6.03 Å². The standard InChI is InChI=1S/C25H35N5O3/c1-21(9-15-28-14-6-13-26-28)27-17-11-25(12-18-27)23(31)29(24(32)30(25)19-20-33-2)16-10-22-7-4-3-5-8-22/h3-8,13-14,21H,9-12,15-20H2,1-2H3. The largest absolute Gasteiger partial charge is 0.383 e. The summed E-state index contributed by atoms with van der Waals surface area (Å²) < 4.78 is 7.23. The summed E-state index contributed by atoms with van der Waals surface area (Å²) in [6.07, 6.45) is 6.78. The zero-order valence-corrected chi connectivity index (χ0v) is 19.7. The van der Waals surface area contributed by atoms with Crippen LogP contribution in [0, 0.1) is 0 Å². The lowest BCUT2D eigenvalue weighted by Crippen LogP contribution is -2.58. The monoisotopic (exact) mass is 453 g/mol. The van der Waals surface area contributed by atoms with E-state index < -0.39 is 5.54 Å². The highest BCUT2D eigenvalue weighted by molar-refractivity contribution is 6.07. The summed E-state index contributed by atoms with van der Waals surface area (Å²) in [5.41, 5.74) is 0.383. The highest BCUT2D eigenvalue weighted by Crippen LogP contribution is 2.38. The Morgan fingerprint density at radius 1 is 1.06 bits per heavy atom. The minimum absolute atomic E-state index is 0.0385. The van der Waals surface area contributed by atoms with Crippen molar-refractivity contribution in [3.8, 4) is 0 Å². The van der Waals surface area contributed by atoms with Gasteiger partial charge in [-0.25, -0.2) is 4.79 Å². The van der Waals surface area contributed by atoms with Crippen molar-refractivity contribution in [2.75, 3.05) is 39.9 Å². The Bertz CT molecular complexity index is 909. The molecule has 2 aliphatic heterocycles. The van der Waals surface area contributed by atoms with Crippen LogP contribution in [0.5, 0.6) is 0 Å². The quantitative estimate of drug-likeness (QED) is 0.517. The van der Waals surface area contributed by atoms with E-state index in [0.717, 1.165) is 31.6 Å². The molecular weight excluding hydrogens is 418 g/mol. The molecule has 8 nitrogen and oxygen atoms in total. The molecule has 3 heterocycles. The summed E-state index contributed by atoms with van der Waals surface area (Å²) in [6, 6.07) is 12.2. The SMILES string of the molecule is COCCN1C(=O)N(CCc2ccccc2)C(=O)C12CCN(C(C)CCn1cccn1)CC2. The van der Waals surface area contributed by atoms with Crippen molar-refractivity contribution in [3.05, 3.63) is 54.4 Å². The van der Waals surface area contributed by atoms with Crippen LogP contribution >= 0.6 is 0 Å². The number of aryl methyl sites for hydroxylation is 1. The van der Waals surface area contributed by atoms with Crippen LogP contribution in [0.3, 0.4) is 0 Å². The van der Waals surface area contributed by atoms with Crippen LogP contribution in [-0.2, 0) is 22.5 Å². The fourth-order valence-electron chi connectivity index (χ4n) is 5.11. The summed E-state index contributed by atoms with van der Waals surface area (Å²) >= 11 is 0. The molecule has 178 valence electrons. The minimum atomic E-state index is -0.746. The molecule has 0 bridgehead atoms. The summed E-state index contributed by atoms with van der Waals surface area (Å²) in [5.74, 6) is -0.0385. The summed E-state index contributed by atoms with van der Waals surface area (Å²) in [7, 11) is 1.63. The molecule has 1 aromatic carbocycles. The second-order valence-corrected chi connectivity index (χ2v) is 9.09. The normalized spacial score (nSPS) is 19.6. The van der Waals surface area contributed by atoms with Crippen molar-refractivity contribution in [2.45, 2.75) is 50.7 Å². The average Bonchev–Trinajstić information content (AvgIpc) is 3.43. The van der Waals surface area contributed by atoms with Gasteiger partial charge < -0.3 is 14.5 Å². The molecule has 0 aliphatic carbocycles. The number of likely N-dealkylation sites (tertiary alicyclic amines) is 1. The van der Waals surface area contributed by atoms with Crippen LogP contribution in [0.15, 0.2) is 48.8 Å². The number of rotatable bonds is 10. The molecule has 1 spiro atoms. The number of benzene rings is 1. The summed E-state index contributed by atoms with van der Waals surface area (Å²) in [4.78, 5) is 32.7. The Labute approximate surface area is 196 Å². The Balaban J connectivity index is 1.41. The number of amides is 3. The van der Waals surface area contributed by atoms with Gasteiger partial charge in [-0.2, -0.15) is 5.10 Å². The molecule has 2 saturated heterocycles. The number of carbonyl (C=O) groups excluding carboxylic acids is 2. The van der Waals surface area contributed by atoms with Crippen molar-refractivity contribution in [3.63, 3.8) is 0 Å². The van der Waals surface area contributed by atoms with Crippen LogP contribution in [0.25, 0.3) is 0 Å². The van der Waals surface area contributed by atoms with Crippen molar-refractivity contribution < 1.29 is 14.3 Å². The molecule has 2 fully saturated rings. The molecule has 0 N–H and O–H groups in total. The predicted molar refractivity (Wildman–Crippen MR) is 126 cm³/mol. The van der Waals surface area contributed by atoms with Gasteiger partial charge in [-0.15, -0.1) is 0 Å². The zero-order chi connectivity index (χ0) is 23.3. The number of imide groups is 1. The Kier molecular flexibility index (Phi) is 7.45. The smallest absolute Gasteiger partial charge is 0.327 e. The first-order valence-electron chi connectivity index (χ1n) is 11.9. The van der Waals surface area contributed by atoms with E-state index in [9.17, 15) is 9.59 Å². The third-order valence-electron chi connectivity index (χ3n) is 7.19. The number of nitrogens with zero attached hydrogens (tertiary/aromatic N) is 5. The molecule has 1 unspecified atom stereocenters. The molecule has 4 rings (SSSR count). The number of piperidine rings is 1. The van der Waals surface area contributed by atoms with Gasteiger partial charge in [0.25, 0.3) is 5.91 Å². The van der Waals surface area contributed by atoms with Gasteiger partial charge in [-0.05, 0) is 44.2 Å². The lowest BCUT2D eigenvalue weighted by atomic mass is 9.85. The van der Waals surface area contributed by atoms with E-state index in [1.807, 2.05) is 47.3 Å². The third kappa shape index (κ3) is 4.96. The lowest BCUT2D eigenvalue weighted by Gasteiger charge is -2.44. The second-order valence-electron chi connectivity index (χ2n) is 9.09. The Morgan fingerprint density at radius 3 is 2.48 bits per heavy atom. The Hall–Kier alpha value is -2.71. The first-order valence-corrected chi connectivity index (χ1v) is 11.9. The second kappa shape index (κ2) is 10.5. The molecule has 33 heavy (non-hydrogen) atoms. The molecule has 8 heteroatoms. The van der Waals surface area contributed by atoms with E-state index in [1.54, 1.807) is 18.2 Å². The molecule has 3 amide bonds. The van der Waals surface area contributed by atoms with E-state index in [-0.39, 0.29) is 11.9 Å². The van der Waals surface area contributed by atoms with Gasteiger partial charge in [-0.1, -0.05) is 30.3 Å². The Morgan fingerprint density at radius 2 is 1.82 bits per heavy atom. The summed E-state index contributed by atoms with van der Waals surface area (Å²) in [5, 5.41) is 4.29. The van der Waals surface area contributed by atoms with Gasteiger partial charge in [0.2, 0.25) is 0 Å². The number of urea groups is 1. The van der Waals surface area contributed by atoms with Crippen LogP contribution in [-0.4, -0.2) is 87.9 Å². The number of carbonyl (C=O) groups is 2. The van der Waals surface area contributed by atoms with Crippen LogP contribution in [0.2, 0.25) is 0 Å². The number of hydrogen-bond acceptors (Lipinski definition) is 5. The molecular formula is C25H35N5O3. The van der Waals surface area contributed by atoms with Crippen molar-refractivity contribution >= 4 is 11.9 Å². The molecule has 2 aliphatic rings. The molecule has 0 saturated carbocycles. The maximum atomic E-state index is 13.6. The van der Waals surface area contributed by atoms with Gasteiger partial charge in [-0.3, -0.25) is 14.4 Å². The number of hydrogen-bond donors (Lipinski definition) is 0. The van der Waals surface area contributed by atoms with E-state index in [1.165, 1.54) is 4.90 Å². The van der Waals surface area contributed by atoms with Crippen molar-refractivity contribution in [1.82, 2.24) is 24.5 Å². The molecule has 1 atom stereocenters. The maximum Gasteiger partial charge on any atom is 0.327 e. The number of ether oxygens (including phenoxy) is 1. The van der Waals surface area contributed by atoms with E-state index in [0.29, 0.717) is 45.0 Å². The van der Waals surface area contributed by atoms with E-state index in [2.05, 4.69) is 16.9 Å². The van der Waals surface area contributed by atoms with E-state index >= 15 is 0 Å². The minimum Gasteiger partial charge on any atom is -0.383 e. The van der Waals surface area contributed by atoms with Gasteiger partial charge in [0.05, 0.1) is 6.61 Å². The highest BCUT2D eigenvalue weighted by Gasteiger charge is 2.57. The van der Waals surface area contributed by atoms with Crippen LogP contribution < -0.4 is 0 Å². The molecule has 2 aromatic rings. The van der Waals surface area contributed by atoms with Crippen molar-refractivity contribution in [1.29, 1.82) is 0 Å². The first kappa shape index (κ1) is 23.4. The third-order valence-corrected chi connectivity index (χ3v) is 7.19. The fourth-order valence-corrected chi connectivity index (χ4v) is 5.11. The highest BCUT2D eigenvalue weighted by atomic mass is 16.5. The zero-order valence-electron chi connectivity index (χ0n) is 19.7. The topological polar surface area (TPSA) is 70.9 Å².